The lowest BCUT2D eigenvalue weighted by Crippen LogP contribution is -2.27. The fraction of sp³-hybridized carbons (Fsp3) is 0.308. The van der Waals surface area contributed by atoms with Crippen molar-refractivity contribution in [3.63, 3.8) is 0 Å². The number of nitrogens with one attached hydrogen (secondary N) is 2. The molecule has 1 amide bonds. The number of aromatic nitrogens is 2. The number of hydrogen-bond donors (Lipinski definition) is 2. The number of anilines is 1. The molecule has 0 radical (unpaired) electrons. The third-order valence-electron chi connectivity index (χ3n) is 2.71. The monoisotopic (exact) mass is 408 g/mol. The van der Waals surface area contributed by atoms with E-state index in [1.807, 2.05) is 13.8 Å². The van der Waals surface area contributed by atoms with E-state index in [0.717, 1.165) is 11.3 Å². The molecule has 0 saturated carbocycles. The molecule has 130 valence electrons. The Hall–Kier alpha value is -1.26. The lowest BCUT2D eigenvalue weighted by Gasteiger charge is -2.05. The number of hydrogen-bond acceptors (Lipinski definition) is 6. The molecule has 1 aromatic heterocycles. The molecule has 0 aliphatic rings. The van der Waals surface area contributed by atoms with Crippen LogP contribution in [0.1, 0.15) is 24.2 Å². The molecule has 0 aliphatic carbocycles. The maximum Gasteiger partial charge on any atom is 0.269 e. The van der Waals surface area contributed by atoms with Crippen molar-refractivity contribution < 1.29 is 13.2 Å². The van der Waals surface area contributed by atoms with Gasteiger partial charge in [0.05, 0.1) is 10.6 Å². The van der Waals surface area contributed by atoms with Gasteiger partial charge in [0, 0.05) is 11.6 Å². The normalized spacial score (nSPS) is 11.7. The van der Waals surface area contributed by atoms with Gasteiger partial charge in [0.15, 0.2) is 0 Å². The molecule has 24 heavy (non-hydrogen) atoms. The molecule has 0 unspecified atom stereocenters. The largest absolute Gasteiger partial charge is 0.296 e. The van der Waals surface area contributed by atoms with Crippen LogP contribution in [0.25, 0.3) is 0 Å². The van der Waals surface area contributed by atoms with E-state index in [-0.39, 0.29) is 32.5 Å². The van der Waals surface area contributed by atoms with Crippen LogP contribution in [-0.2, 0) is 10.0 Å². The molecular weight excluding hydrogens is 395 g/mol. The van der Waals surface area contributed by atoms with Crippen LogP contribution in [0.4, 0.5) is 5.13 Å². The minimum Gasteiger partial charge on any atom is -0.296 e. The van der Waals surface area contributed by atoms with Crippen molar-refractivity contribution in [3.8, 4) is 0 Å². The molecule has 2 aromatic rings. The SMILES string of the molecule is CC(C)CNS(=O)(=O)c1nnc(NC(=O)c2ccc(Cl)cc2Cl)s1. The van der Waals surface area contributed by atoms with Crippen LogP contribution in [0.2, 0.25) is 10.0 Å². The number of halogens is 2. The van der Waals surface area contributed by atoms with E-state index < -0.39 is 15.9 Å². The second kappa shape index (κ2) is 7.75. The summed E-state index contributed by atoms with van der Waals surface area (Å²) in [5, 5.41) is 10.4. The summed E-state index contributed by atoms with van der Waals surface area (Å²) < 4.78 is 26.3. The summed E-state index contributed by atoms with van der Waals surface area (Å²) in [4.78, 5) is 12.2. The first-order chi connectivity index (χ1) is 11.2. The molecular formula is C13H14Cl2N4O3S2. The fourth-order valence-electron chi connectivity index (χ4n) is 1.55. The van der Waals surface area contributed by atoms with Gasteiger partial charge < -0.3 is 0 Å². The van der Waals surface area contributed by atoms with E-state index >= 15 is 0 Å². The van der Waals surface area contributed by atoms with Crippen molar-refractivity contribution in [2.45, 2.75) is 18.2 Å². The van der Waals surface area contributed by atoms with E-state index in [1.165, 1.54) is 18.2 Å². The van der Waals surface area contributed by atoms with Gasteiger partial charge >= 0.3 is 0 Å². The molecule has 11 heteroatoms. The maximum atomic E-state index is 12.2. The minimum atomic E-state index is -3.75. The quantitative estimate of drug-likeness (QED) is 0.715. The molecule has 0 atom stereocenters. The Morgan fingerprint density at radius 3 is 2.62 bits per heavy atom. The van der Waals surface area contributed by atoms with Crippen LogP contribution in [0.3, 0.4) is 0 Å². The molecule has 7 nitrogen and oxygen atoms in total. The molecule has 2 rings (SSSR count). The molecule has 0 bridgehead atoms. The highest BCUT2D eigenvalue weighted by molar-refractivity contribution is 7.91. The summed E-state index contributed by atoms with van der Waals surface area (Å²) >= 11 is 12.5. The van der Waals surface area contributed by atoms with Crippen molar-refractivity contribution in [1.29, 1.82) is 0 Å². The predicted molar refractivity (Wildman–Crippen MR) is 94.4 cm³/mol. The zero-order valence-electron chi connectivity index (χ0n) is 12.7. The molecule has 2 N–H and O–H groups in total. The highest BCUT2D eigenvalue weighted by atomic mass is 35.5. The van der Waals surface area contributed by atoms with Crippen LogP contribution >= 0.6 is 34.5 Å². The summed E-state index contributed by atoms with van der Waals surface area (Å²) in [6, 6.07) is 4.42. The van der Waals surface area contributed by atoms with E-state index in [9.17, 15) is 13.2 Å². The molecule has 0 spiro atoms. The second-order valence-corrected chi connectivity index (χ2v) is 8.96. The van der Waals surface area contributed by atoms with Gasteiger partial charge in [-0.1, -0.05) is 48.4 Å². The number of carbonyl (C=O) groups excluding carboxylic acids is 1. The molecule has 1 aromatic carbocycles. The van der Waals surface area contributed by atoms with Gasteiger partial charge in [0.2, 0.25) is 9.47 Å². The summed E-state index contributed by atoms with van der Waals surface area (Å²) in [5.41, 5.74) is 0.193. The number of amides is 1. The number of carbonyl (C=O) groups is 1. The Morgan fingerprint density at radius 2 is 2.00 bits per heavy atom. The smallest absolute Gasteiger partial charge is 0.269 e. The van der Waals surface area contributed by atoms with Crippen LogP contribution in [-0.4, -0.2) is 31.1 Å². The van der Waals surface area contributed by atoms with Crippen LogP contribution in [0, 0.1) is 5.92 Å². The third kappa shape index (κ3) is 4.87. The van der Waals surface area contributed by atoms with Crippen molar-refractivity contribution in [2.75, 3.05) is 11.9 Å². The van der Waals surface area contributed by atoms with E-state index in [0.29, 0.717) is 5.02 Å². The van der Waals surface area contributed by atoms with Gasteiger partial charge in [0.25, 0.3) is 15.9 Å². The second-order valence-electron chi connectivity index (χ2n) is 5.20. The average Bonchev–Trinajstić information content (AvgIpc) is 2.94. The topological polar surface area (TPSA) is 101 Å². The van der Waals surface area contributed by atoms with E-state index in [4.69, 9.17) is 23.2 Å². The van der Waals surface area contributed by atoms with Crippen LogP contribution in [0.15, 0.2) is 22.5 Å². The van der Waals surface area contributed by atoms with Crippen molar-refractivity contribution in [1.82, 2.24) is 14.9 Å². The molecule has 0 aliphatic heterocycles. The van der Waals surface area contributed by atoms with Gasteiger partial charge in [-0.05, 0) is 24.1 Å². The Balaban J connectivity index is 2.12. The minimum absolute atomic E-state index is 0.0518. The Labute approximate surface area is 153 Å². The lowest BCUT2D eigenvalue weighted by atomic mass is 10.2. The van der Waals surface area contributed by atoms with Crippen LogP contribution in [0.5, 0.6) is 0 Å². The number of rotatable bonds is 6. The first-order valence-electron chi connectivity index (χ1n) is 6.78. The first kappa shape index (κ1) is 19.1. The maximum absolute atomic E-state index is 12.2. The van der Waals surface area contributed by atoms with Crippen molar-refractivity contribution in [2.24, 2.45) is 5.92 Å². The molecule has 0 saturated heterocycles. The van der Waals surface area contributed by atoms with Crippen molar-refractivity contribution >= 4 is 55.6 Å². The predicted octanol–water partition coefficient (Wildman–Crippen LogP) is 3.03. The van der Waals surface area contributed by atoms with Gasteiger partial charge in [-0.2, -0.15) is 0 Å². The summed E-state index contributed by atoms with van der Waals surface area (Å²) in [7, 11) is -3.75. The standard InChI is InChI=1S/C13H14Cl2N4O3S2/c1-7(2)6-16-24(21,22)13-19-18-12(23-13)17-11(20)9-4-3-8(14)5-10(9)15/h3-5,7,16H,6H2,1-2H3,(H,17,18,20). The first-order valence-corrected chi connectivity index (χ1v) is 9.84. The third-order valence-corrected chi connectivity index (χ3v) is 5.89. The Bertz CT molecular complexity index is 853. The molecule has 1 heterocycles. The number of benzene rings is 1. The highest BCUT2D eigenvalue weighted by Gasteiger charge is 2.21. The zero-order valence-corrected chi connectivity index (χ0v) is 15.9. The Morgan fingerprint density at radius 1 is 1.29 bits per heavy atom. The zero-order chi connectivity index (χ0) is 17.9. The summed E-state index contributed by atoms with van der Waals surface area (Å²) in [6.45, 7) is 4.04. The van der Waals surface area contributed by atoms with Gasteiger partial charge in [-0.15, -0.1) is 10.2 Å². The average molecular weight is 409 g/mol. The summed E-state index contributed by atoms with van der Waals surface area (Å²) in [6.07, 6.45) is 0. The van der Waals surface area contributed by atoms with E-state index in [2.05, 4.69) is 20.2 Å². The molecule has 0 fully saturated rings. The van der Waals surface area contributed by atoms with Crippen LogP contribution < -0.4 is 10.0 Å². The van der Waals surface area contributed by atoms with Crippen molar-refractivity contribution in [3.05, 3.63) is 33.8 Å². The summed E-state index contributed by atoms with van der Waals surface area (Å²) in [5.74, 6) is -0.383. The van der Waals surface area contributed by atoms with Gasteiger partial charge in [-0.3, -0.25) is 10.1 Å². The number of sulfonamides is 1. The highest BCUT2D eigenvalue weighted by Crippen LogP contribution is 2.24. The fourth-order valence-corrected chi connectivity index (χ4v) is 4.19. The van der Waals surface area contributed by atoms with Gasteiger partial charge in [0.1, 0.15) is 0 Å². The van der Waals surface area contributed by atoms with E-state index in [1.54, 1.807) is 0 Å². The number of nitrogens with zero attached hydrogens (tertiary/aromatic N) is 2. The Kier molecular flexibility index (Phi) is 6.16. The van der Waals surface area contributed by atoms with Gasteiger partial charge in [-0.25, -0.2) is 13.1 Å². The lowest BCUT2D eigenvalue weighted by molar-refractivity contribution is 0.102.